The third-order valence-electron chi connectivity index (χ3n) is 3.83. The molecule has 0 fully saturated rings. The van der Waals surface area contributed by atoms with Crippen LogP contribution in [0.1, 0.15) is 15.9 Å². The molecule has 158 valence electrons. The number of nitrogens with one attached hydrogen (secondary N) is 1. The summed E-state index contributed by atoms with van der Waals surface area (Å²) in [7, 11) is 0. The van der Waals surface area contributed by atoms with E-state index in [0.717, 1.165) is 8.95 Å². The molecule has 0 radical (unpaired) electrons. The topological polar surface area (TPSA) is 77.0 Å². The van der Waals surface area contributed by atoms with Gasteiger partial charge in [-0.15, -0.1) is 0 Å². The maximum atomic E-state index is 12.4. The lowest BCUT2D eigenvalue weighted by Gasteiger charge is -2.08. The molecule has 3 rings (SSSR count). The van der Waals surface area contributed by atoms with E-state index in [-0.39, 0.29) is 6.61 Å². The van der Waals surface area contributed by atoms with Gasteiger partial charge in [0.25, 0.3) is 5.91 Å². The molecule has 31 heavy (non-hydrogen) atoms. The minimum absolute atomic E-state index is 0.219. The van der Waals surface area contributed by atoms with Gasteiger partial charge in [-0.2, -0.15) is 5.10 Å². The normalized spacial score (nSPS) is 10.7. The van der Waals surface area contributed by atoms with Crippen molar-refractivity contribution in [1.82, 2.24) is 5.43 Å². The molecule has 0 aromatic heterocycles. The van der Waals surface area contributed by atoms with Gasteiger partial charge in [0.05, 0.1) is 11.8 Å². The Hall–Kier alpha value is -2.68. The summed E-state index contributed by atoms with van der Waals surface area (Å²) in [4.78, 5) is 24.3. The third-order valence-corrected chi connectivity index (χ3v) is 5.10. The van der Waals surface area contributed by atoms with Crippen LogP contribution >= 0.6 is 43.5 Å². The largest absolute Gasteiger partial charge is 0.484 e. The first-order chi connectivity index (χ1) is 14.9. The number of halogens is 3. The van der Waals surface area contributed by atoms with Gasteiger partial charge in [-0.25, -0.2) is 10.2 Å². The second kappa shape index (κ2) is 11.1. The minimum atomic E-state index is -0.509. The first kappa shape index (κ1) is 23.0. The monoisotopic (exact) mass is 564 g/mol. The molecule has 0 atom stereocenters. The highest BCUT2D eigenvalue weighted by molar-refractivity contribution is 9.10. The van der Waals surface area contributed by atoms with Crippen molar-refractivity contribution in [1.29, 1.82) is 0 Å². The van der Waals surface area contributed by atoms with E-state index in [0.29, 0.717) is 27.6 Å². The first-order valence-electron chi connectivity index (χ1n) is 8.88. The molecule has 0 unspecified atom stereocenters. The summed E-state index contributed by atoms with van der Waals surface area (Å²) in [5.74, 6) is -0.149. The van der Waals surface area contributed by atoms with Crippen molar-refractivity contribution in [3.63, 3.8) is 0 Å². The van der Waals surface area contributed by atoms with Crippen molar-refractivity contribution in [2.24, 2.45) is 5.10 Å². The van der Waals surface area contributed by atoms with Gasteiger partial charge in [0.2, 0.25) is 0 Å². The van der Waals surface area contributed by atoms with Gasteiger partial charge < -0.3 is 9.47 Å². The van der Waals surface area contributed by atoms with Crippen LogP contribution in [0.15, 0.2) is 80.8 Å². The van der Waals surface area contributed by atoms with Crippen LogP contribution in [-0.4, -0.2) is 24.7 Å². The number of amides is 1. The molecule has 0 bridgehead atoms. The van der Waals surface area contributed by atoms with Crippen LogP contribution in [0.2, 0.25) is 5.02 Å². The first-order valence-corrected chi connectivity index (χ1v) is 10.8. The van der Waals surface area contributed by atoms with Gasteiger partial charge in [-0.1, -0.05) is 43.5 Å². The Morgan fingerprint density at radius 1 is 0.968 bits per heavy atom. The molecule has 0 aliphatic carbocycles. The number of hydrogen-bond donors (Lipinski definition) is 1. The van der Waals surface area contributed by atoms with Crippen molar-refractivity contribution in [3.05, 3.63) is 91.8 Å². The van der Waals surface area contributed by atoms with E-state index in [1.54, 1.807) is 66.7 Å². The minimum Gasteiger partial charge on any atom is -0.484 e. The zero-order valence-corrected chi connectivity index (χ0v) is 19.8. The highest BCUT2D eigenvalue weighted by Gasteiger charge is 2.12. The lowest BCUT2D eigenvalue weighted by atomic mass is 10.2. The Morgan fingerprint density at radius 3 is 2.35 bits per heavy atom. The Balaban J connectivity index is 1.61. The predicted molar refractivity (Wildman–Crippen MR) is 126 cm³/mol. The number of esters is 1. The zero-order chi connectivity index (χ0) is 22.2. The number of carbonyl (C=O) groups is 2. The zero-order valence-electron chi connectivity index (χ0n) is 15.8. The third kappa shape index (κ3) is 7.20. The molecule has 1 N–H and O–H groups in total. The molecule has 0 aliphatic rings. The average molecular weight is 567 g/mol. The van der Waals surface area contributed by atoms with Crippen LogP contribution in [-0.2, 0) is 4.79 Å². The molecule has 3 aromatic carbocycles. The number of hydrazone groups is 1. The lowest BCUT2D eigenvalue weighted by molar-refractivity contribution is -0.123. The molecule has 3 aromatic rings. The van der Waals surface area contributed by atoms with Gasteiger partial charge in [0.15, 0.2) is 6.61 Å². The van der Waals surface area contributed by atoms with Gasteiger partial charge in [-0.05, 0) is 66.7 Å². The number of carbonyl (C=O) groups excluding carboxylic acids is 2. The number of hydrogen-bond acceptors (Lipinski definition) is 5. The van der Waals surface area contributed by atoms with E-state index < -0.39 is 11.9 Å². The Bertz CT molecular complexity index is 1100. The van der Waals surface area contributed by atoms with Crippen LogP contribution in [0.3, 0.4) is 0 Å². The van der Waals surface area contributed by atoms with E-state index in [4.69, 9.17) is 21.1 Å². The molecule has 1 amide bonds. The van der Waals surface area contributed by atoms with Crippen LogP contribution < -0.4 is 14.9 Å². The van der Waals surface area contributed by atoms with E-state index in [2.05, 4.69) is 42.4 Å². The maximum Gasteiger partial charge on any atom is 0.343 e. The van der Waals surface area contributed by atoms with Crippen molar-refractivity contribution in [2.45, 2.75) is 0 Å². The molecule has 0 spiro atoms. The summed E-state index contributed by atoms with van der Waals surface area (Å²) in [5.41, 5.74) is 3.27. The second-order valence-electron chi connectivity index (χ2n) is 6.11. The highest BCUT2D eigenvalue weighted by atomic mass is 79.9. The van der Waals surface area contributed by atoms with Crippen molar-refractivity contribution in [3.8, 4) is 11.5 Å². The Morgan fingerprint density at radius 2 is 1.65 bits per heavy atom. The molecule has 9 heteroatoms. The Kier molecular flexibility index (Phi) is 8.22. The summed E-state index contributed by atoms with van der Waals surface area (Å²) >= 11 is 12.5. The van der Waals surface area contributed by atoms with Gasteiger partial charge in [0.1, 0.15) is 11.5 Å². The van der Waals surface area contributed by atoms with Crippen molar-refractivity contribution < 1.29 is 19.1 Å². The molecule has 6 nitrogen and oxygen atoms in total. The van der Waals surface area contributed by atoms with Crippen LogP contribution in [0, 0.1) is 0 Å². The number of benzene rings is 3. The number of nitrogens with zero attached hydrogens (tertiary/aromatic N) is 1. The highest BCUT2D eigenvalue weighted by Crippen LogP contribution is 2.23. The fourth-order valence-corrected chi connectivity index (χ4v) is 3.11. The molecular weight excluding hydrogens is 552 g/mol. The quantitative estimate of drug-likeness (QED) is 0.175. The van der Waals surface area contributed by atoms with E-state index in [1.807, 2.05) is 0 Å². The molecule has 0 saturated carbocycles. The van der Waals surface area contributed by atoms with E-state index in [1.165, 1.54) is 6.21 Å². The summed E-state index contributed by atoms with van der Waals surface area (Å²) in [6, 6.07) is 18.5. The molecule has 0 heterocycles. The van der Waals surface area contributed by atoms with Crippen LogP contribution in [0.4, 0.5) is 0 Å². The summed E-state index contributed by atoms with van der Waals surface area (Å²) in [5, 5.41) is 4.49. The SMILES string of the molecule is O=C(COc1ccc(Cl)cc1)N/N=C\c1cc(Br)ccc1OC(=O)c1ccc(Br)cc1. The smallest absolute Gasteiger partial charge is 0.343 e. The summed E-state index contributed by atoms with van der Waals surface area (Å²) in [6.45, 7) is -0.219. The van der Waals surface area contributed by atoms with Gasteiger partial charge in [0, 0.05) is 19.5 Å². The van der Waals surface area contributed by atoms with Crippen molar-refractivity contribution in [2.75, 3.05) is 6.61 Å². The lowest BCUT2D eigenvalue weighted by Crippen LogP contribution is -2.24. The molecular formula is C22H15Br2ClN2O4. The fraction of sp³-hybridized carbons (Fsp3) is 0.0455. The van der Waals surface area contributed by atoms with E-state index >= 15 is 0 Å². The Labute approximate surface area is 200 Å². The van der Waals surface area contributed by atoms with Crippen LogP contribution in [0.25, 0.3) is 0 Å². The summed E-state index contributed by atoms with van der Waals surface area (Å²) < 4.78 is 12.5. The number of ether oxygens (including phenoxy) is 2. The van der Waals surface area contributed by atoms with Gasteiger partial charge in [-0.3, -0.25) is 4.79 Å². The maximum absolute atomic E-state index is 12.4. The molecule has 0 saturated heterocycles. The second-order valence-corrected chi connectivity index (χ2v) is 8.38. The summed E-state index contributed by atoms with van der Waals surface area (Å²) in [6.07, 6.45) is 1.38. The fourth-order valence-electron chi connectivity index (χ4n) is 2.34. The predicted octanol–water partition coefficient (Wildman–Crippen LogP) is 5.61. The standard InChI is InChI=1S/C22H15Br2ClN2O4/c23-16-3-1-14(2-4-16)22(29)31-20-10-5-17(24)11-15(20)12-26-27-21(28)13-30-19-8-6-18(25)7-9-19/h1-12H,13H2,(H,27,28)/b26-12-. The molecule has 0 aliphatic heterocycles. The van der Waals surface area contributed by atoms with E-state index in [9.17, 15) is 9.59 Å². The average Bonchev–Trinajstić information content (AvgIpc) is 2.75. The number of rotatable bonds is 7. The van der Waals surface area contributed by atoms with Gasteiger partial charge >= 0.3 is 5.97 Å². The van der Waals surface area contributed by atoms with Crippen LogP contribution in [0.5, 0.6) is 11.5 Å². The van der Waals surface area contributed by atoms with Crippen molar-refractivity contribution >= 4 is 61.6 Å².